The summed E-state index contributed by atoms with van der Waals surface area (Å²) in [6.07, 6.45) is 2.47. The van der Waals surface area contributed by atoms with Gasteiger partial charge in [-0.2, -0.15) is 15.6 Å². The van der Waals surface area contributed by atoms with Crippen molar-refractivity contribution >= 4 is 28.3 Å². The van der Waals surface area contributed by atoms with E-state index in [2.05, 4.69) is 68.9 Å². The molecule has 184 valence electrons. The quantitative estimate of drug-likeness (QED) is 0.347. The Bertz CT molecular complexity index is 1300. The minimum Gasteiger partial charge on any atom is -0.390 e. The Kier molecular flexibility index (Phi) is 7.42. The van der Waals surface area contributed by atoms with Gasteiger partial charge in [0.25, 0.3) is 0 Å². The summed E-state index contributed by atoms with van der Waals surface area (Å²) in [6.45, 7) is 5.53. The van der Waals surface area contributed by atoms with Crippen LogP contribution in [0, 0.1) is 26.4 Å². The van der Waals surface area contributed by atoms with Crippen molar-refractivity contribution in [3.63, 3.8) is 0 Å². The summed E-state index contributed by atoms with van der Waals surface area (Å²) in [7, 11) is 0. The number of aliphatic hydroxyl groups excluding tert-OH is 1. The predicted molar refractivity (Wildman–Crippen MR) is 146 cm³/mol. The zero-order chi connectivity index (χ0) is 25.1. The van der Waals surface area contributed by atoms with Gasteiger partial charge in [0.15, 0.2) is 6.19 Å². The van der Waals surface area contributed by atoms with Gasteiger partial charge in [-0.1, -0.05) is 24.3 Å². The van der Waals surface area contributed by atoms with Gasteiger partial charge >= 0.3 is 0 Å². The minimum absolute atomic E-state index is 0.427. The summed E-state index contributed by atoms with van der Waals surface area (Å²) in [6, 6.07) is 18.3. The molecule has 0 bridgehead atoms. The monoisotopic (exact) mass is 593 g/mol. The highest BCUT2D eigenvalue weighted by Gasteiger charge is 2.27. The number of aliphatic hydroxyl groups is 1. The Balaban J connectivity index is 1.26. The van der Waals surface area contributed by atoms with Crippen molar-refractivity contribution in [2.45, 2.75) is 25.6 Å². The molecular formula is C27H28IN7O. The molecule has 0 spiro atoms. The van der Waals surface area contributed by atoms with Gasteiger partial charge in [-0.25, -0.2) is 0 Å². The van der Waals surface area contributed by atoms with Crippen LogP contribution in [0.4, 0.5) is 5.69 Å². The SMILES string of the molecule is N#Cc1ccccc1N1CCN(CC(O)Cn2nc(-c3ccc(I)cc3)c3c2CCN(C#N)C3)CC1. The maximum Gasteiger partial charge on any atom is 0.179 e. The molecule has 2 aliphatic rings. The minimum atomic E-state index is -0.550. The van der Waals surface area contributed by atoms with Crippen LogP contribution in [0.25, 0.3) is 11.3 Å². The summed E-state index contributed by atoms with van der Waals surface area (Å²) in [5.41, 5.74) is 5.83. The van der Waals surface area contributed by atoms with E-state index in [1.807, 2.05) is 28.9 Å². The maximum atomic E-state index is 11.0. The number of hydrogen-bond acceptors (Lipinski definition) is 7. The fourth-order valence-electron chi connectivity index (χ4n) is 5.14. The van der Waals surface area contributed by atoms with Gasteiger partial charge in [0.2, 0.25) is 0 Å². The Morgan fingerprint density at radius 1 is 0.972 bits per heavy atom. The number of fused-ring (bicyclic) bond motifs is 1. The van der Waals surface area contributed by atoms with Crippen LogP contribution >= 0.6 is 22.6 Å². The third-order valence-corrected chi connectivity index (χ3v) is 7.70. The standard InChI is InChI=1S/C27H28IN7O/c28-22-7-5-20(6-8-22)27-24-18-33(19-30)10-9-26(24)35(31-27)17-23(36)16-32-11-13-34(14-12-32)25-4-2-1-3-21(25)15-29/h1-8,23,36H,9-14,16-18H2. The zero-order valence-electron chi connectivity index (χ0n) is 20.0. The second-order valence-electron chi connectivity index (χ2n) is 9.30. The molecule has 1 unspecified atom stereocenters. The van der Waals surface area contributed by atoms with Gasteiger partial charge in [0.05, 0.1) is 36.1 Å². The average Bonchev–Trinajstić information content (AvgIpc) is 3.26. The number of nitrogens with zero attached hydrogens (tertiary/aromatic N) is 7. The van der Waals surface area contributed by atoms with E-state index < -0.39 is 6.10 Å². The summed E-state index contributed by atoms with van der Waals surface area (Å²) in [5, 5.41) is 34.8. The summed E-state index contributed by atoms with van der Waals surface area (Å²) in [5.74, 6) is 0. The molecule has 9 heteroatoms. The lowest BCUT2D eigenvalue weighted by molar-refractivity contribution is 0.0910. The summed E-state index contributed by atoms with van der Waals surface area (Å²) in [4.78, 5) is 6.30. The second kappa shape index (κ2) is 10.9. The van der Waals surface area contributed by atoms with Crippen molar-refractivity contribution in [2.24, 2.45) is 0 Å². The number of anilines is 1. The Morgan fingerprint density at radius 3 is 2.44 bits per heavy atom. The van der Waals surface area contributed by atoms with Crippen LogP contribution in [-0.2, 0) is 19.5 Å². The number of para-hydroxylation sites is 1. The number of β-amino-alcohol motifs (C(OH)–C–C–N with tert-alkyl or cyclic N) is 1. The number of benzene rings is 2. The lowest BCUT2D eigenvalue weighted by Gasteiger charge is -2.37. The molecule has 3 heterocycles. The van der Waals surface area contributed by atoms with Crippen LogP contribution in [0.2, 0.25) is 0 Å². The second-order valence-corrected chi connectivity index (χ2v) is 10.6. The van der Waals surface area contributed by atoms with E-state index in [-0.39, 0.29) is 0 Å². The van der Waals surface area contributed by atoms with Crippen molar-refractivity contribution in [3.8, 4) is 23.5 Å². The molecule has 36 heavy (non-hydrogen) atoms. The lowest BCUT2D eigenvalue weighted by Crippen LogP contribution is -2.49. The molecule has 2 aliphatic heterocycles. The third kappa shape index (κ3) is 5.19. The van der Waals surface area contributed by atoms with E-state index in [4.69, 9.17) is 5.10 Å². The summed E-state index contributed by atoms with van der Waals surface area (Å²) >= 11 is 2.29. The lowest BCUT2D eigenvalue weighted by atomic mass is 10.0. The predicted octanol–water partition coefficient (Wildman–Crippen LogP) is 3.05. The van der Waals surface area contributed by atoms with Crippen molar-refractivity contribution in [1.82, 2.24) is 19.6 Å². The molecule has 1 atom stereocenters. The van der Waals surface area contributed by atoms with Crippen LogP contribution in [0.5, 0.6) is 0 Å². The molecular weight excluding hydrogens is 565 g/mol. The Morgan fingerprint density at radius 2 is 1.72 bits per heavy atom. The summed E-state index contributed by atoms with van der Waals surface area (Å²) < 4.78 is 3.12. The van der Waals surface area contributed by atoms with Crippen molar-refractivity contribution < 1.29 is 5.11 Å². The van der Waals surface area contributed by atoms with E-state index in [0.29, 0.717) is 31.7 Å². The molecule has 2 aromatic carbocycles. The molecule has 1 aromatic heterocycles. The molecule has 1 saturated heterocycles. The third-order valence-electron chi connectivity index (χ3n) is 6.98. The Labute approximate surface area is 225 Å². The molecule has 3 aromatic rings. The smallest absolute Gasteiger partial charge is 0.179 e. The fraction of sp³-hybridized carbons (Fsp3) is 0.370. The van der Waals surface area contributed by atoms with Crippen LogP contribution in [0.1, 0.15) is 16.8 Å². The van der Waals surface area contributed by atoms with Crippen LogP contribution in [-0.4, -0.2) is 70.1 Å². The highest BCUT2D eigenvalue weighted by molar-refractivity contribution is 14.1. The van der Waals surface area contributed by atoms with Gasteiger partial charge < -0.3 is 14.9 Å². The molecule has 0 aliphatic carbocycles. The number of hydrogen-bond donors (Lipinski definition) is 1. The average molecular weight is 593 g/mol. The highest BCUT2D eigenvalue weighted by Crippen LogP contribution is 2.30. The molecule has 5 rings (SSSR count). The van der Waals surface area contributed by atoms with E-state index >= 15 is 0 Å². The van der Waals surface area contributed by atoms with Crippen LogP contribution in [0.3, 0.4) is 0 Å². The molecule has 0 amide bonds. The number of rotatable bonds is 6. The number of nitriles is 2. The van der Waals surface area contributed by atoms with Crippen molar-refractivity contribution in [1.29, 1.82) is 10.5 Å². The topological polar surface area (TPSA) is 95.3 Å². The molecule has 1 fully saturated rings. The fourth-order valence-corrected chi connectivity index (χ4v) is 5.50. The molecule has 0 saturated carbocycles. The van der Waals surface area contributed by atoms with Gasteiger partial charge in [-0.05, 0) is 46.9 Å². The molecule has 1 N–H and O–H groups in total. The van der Waals surface area contributed by atoms with Gasteiger partial charge in [0, 0.05) is 66.1 Å². The molecule has 0 radical (unpaired) electrons. The first-order valence-electron chi connectivity index (χ1n) is 12.2. The normalized spacial score (nSPS) is 16.8. The zero-order valence-corrected chi connectivity index (χ0v) is 22.2. The van der Waals surface area contributed by atoms with Gasteiger partial charge in [0.1, 0.15) is 6.07 Å². The van der Waals surface area contributed by atoms with Crippen molar-refractivity contribution in [2.75, 3.05) is 44.2 Å². The van der Waals surface area contributed by atoms with E-state index in [0.717, 1.165) is 64.4 Å². The highest BCUT2D eigenvalue weighted by atomic mass is 127. The first-order valence-corrected chi connectivity index (χ1v) is 13.3. The van der Waals surface area contributed by atoms with Gasteiger partial charge in [-0.3, -0.25) is 9.58 Å². The van der Waals surface area contributed by atoms with Gasteiger partial charge in [-0.15, -0.1) is 0 Å². The largest absolute Gasteiger partial charge is 0.390 e. The first kappa shape index (κ1) is 24.6. The van der Waals surface area contributed by atoms with E-state index in [1.54, 1.807) is 4.90 Å². The number of halogens is 1. The van der Waals surface area contributed by atoms with E-state index in [9.17, 15) is 15.6 Å². The first-order chi connectivity index (χ1) is 17.6. The van der Waals surface area contributed by atoms with E-state index in [1.165, 1.54) is 0 Å². The Hall–Kier alpha value is -3.12. The van der Waals surface area contributed by atoms with Crippen LogP contribution in [0.15, 0.2) is 48.5 Å². The number of piperazine rings is 1. The van der Waals surface area contributed by atoms with Crippen molar-refractivity contribution in [3.05, 3.63) is 68.9 Å². The number of aromatic nitrogens is 2. The van der Waals surface area contributed by atoms with Crippen LogP contribution < -0.4 is 4.90 Å². The molecule has 8 nitrogen and oxygen atoms in total. The maximum absolute atomic E-state index is 11.0.